The minimum atomic E-state index is -0.151. The van der Waals surface area contributed by atoms with Gasteiger partial charge < -0.3 is 4.57 Å². The summed E-state index contributed by atoms with van der Waals surface area (Å²) in [5.74, 6) is 0.776. The molecule has 1 aromatic carbocycles. The monoisotopic (exact) mass is 292 g/mol. The molecule has 2 aromatic rings. The Hall–Kier alpha value is -1.51. The zero-order chi connectivity index (χ0) is 13.8. The minimum Gasteiger partial charge on any atom is -0.302 e. The third-order valence-electron chi connectivity index (χ3n) is 2.58. The largest absolute Gasteiger partial charge is 0.302 e. The van der Waals surface area contributed by atoms with E-state index in [1.165, 1.54) is 11.8 Å². The average molecular weight is 293 g/mol. The molecule has 0 spiro atoms. The average Bonchev–Trinajstić information content (AvgIpc) is 2.81. The molecule has 0 radical (unpaired) electrons. The second kappa shape index (κ2) is 6.09. The smallest absolute Gasteiger partial charge is 0.192 e. The molecule has 0 aliphatic heterocycles. The quantitative estimate of drug-likeness (QED) is 0.808. The van der Waals surface area contributed by atoms with Gasteiger partial charge in [0.2, 0.25) is 0 Å². The Morgan fingerprint density at radius 2 is 2.26 bits per heavy atom. The van der Waals surface area contributed by atoms with Crippen LogP contribution in [0.3, 0.4) is 0 Å². The van der Waals surface area contributed by atoms with Crippen molar-refractivity contribution in [2.45, 2.75) is 30.8 Å². The maximum atomic E-state index is 8.87. The fraction of sp³-hybridized carbons (Fsp3) is 0.308. The summed E-state index contributed by atoms with van der Waals surface area (Å²) in [6.07, 6.45) is 0. The van der Waals surface area contributed by atoms with Crippen molar-refractivity contribution in [1.29, 1.82) is 5.26 Å². The van der Waals surface area contributed by atoms with Crippen LogP contribution in [-0.4, -0.2) is 20.0 Å². The molecule has 0 saturated carbocycles. The molecule has 98 valence electrons. The van der Waals surface area contributed by atoms with Gasteiger partial charge in [0.15, 0.2) is 11.0 Å². The number of halogens is 1. The highest BCUT2D eigenvalue weighted by molar-refractivity contribution is 8.00. The van der Waals surface area contributed by atoms with Gasteiger partial charge in [-0.1, -0.05) is 35.5 Å². The van der Waals surface area contributed by atoms with Crippen LogP contribution in [0.25, 0.3) is 11.4 Å². The number of nitriles is 1. The van der Waals surface area contributed by atoms with Gasteiger partial charge in [0, 0.05) is 17.1 Å². The number of thioether (sulfide) groups is 1. The van der Waals surface area contributed by atoms with Gasteiger partial charge in [-0.25, -0.2) is 0 Å². The van der Waals surface area contributed by atoms with Crippen LogP contribution in [0.5, 0.6) is 0 Å². The highest BCUT2D eigenvalue weighted by Crippen LogP contribution is 2.27. The van der Waals surface area contributed by atoms with Crippen LogP contribution in [0.2, 0.25) is 5.02 Å². The lowest BCUT2D eigenvalue weighted by atomic mass is 10.2. The SMILES string of the molecule is CCn1c(SC(C)C#N)nnc1-c1cccc(Cl)c1. The first-order valence-electron chi connectivity index (χ1n) is 5.91. The molecular formula is C13H13ClN4S. The molecule has 19 heavy (non-hydrogen) atoms. The molecule has 4 nitrogen and oxygen atoms in total. The molecular weight excluding hydrogens is 280 g/mol. The summed E-state index contributed by atoms with van der Waals surface area (Å²) in [7, 11) is 0. The van der Waals surface area contributed by atoms with Crippen molar-refractivity contribution in [2.24, 2.45) is 0 Å². The maximum absolute atomic E-state index is 8.87. The molecule has 0 bridgehead atoms. The molecule has 0 aliphatic carbocycles. The van der Waals surface area contributed by atoms with Crippen molar-refractivity contribution >= 4 is 23.4 Å². The topological polar surface area (TPSA) is 54.5 Å². The van der Waals surface area contributed by atoms with Gasteiger partial charge in [0.1, 0.15) is 0 Å². The fourth-order valence-corrected chi connectivity index (χ4v) is 2.68. The zero-order valence-electron chi connectivity index (χ0n) is 10.7. The Balaban J connectivity index is 2.40. The van der Waals surface area contributed by atoms with Crippen molar-refractivity contribution < 1.29 is 0 Å². The summed E-state index contributed by atoms with van der Waals surface area (Å²) in [6, 6.07) is 9.70. The molecule has 0 saturated heterocycles. The Morgan fingerprint density at radius 3 is 2.89 bits per heavy atom. The Kier molecular flexibility index (Phi) is 4.46. The first-order chi connectivity index (χ1) is 9.15. The Labute approximate surface area is 121 Å². The highest BCUT2D eigenvalue weighted by atomic mass is 35.5. The lowest BCUT2D eigenvalue weighted by Gasteiger charge is -2.08. The first-order valence-corrected chi connectivity index (χ1v) is 7.17. The molecule has 0 amide bonds. The van der Waals surface area contributed by atoms with Crippen molar-refractivity contribution in [3.8, 4) is 17.5 Å². The standard InChI is InChI=1S/C13H13ClN4S/c1-3-18-12(10-5-4-6-11(14)7-10)16-17-13(18)19-9(2)8-15/h4-7,9H,3H2,1-2H3. The third kappa shape index (κ3) is 3.09. The highest BCUT2D eigenvalue weighted by Gasteiger charge is 2.15. The van der Waals surface area contributed by atoms with Crippen LogP contribution in [-0.2, 0) is 6.54 Å². The van der Waals surface area contributed by atoms with E-state index < -0.39 is 0 Å². The zero-order valence-corrected chi connectivity index (χ0v) is 12.2. The predicted molar refractivity (Wildman–Crippen MR) is 77.1 cm³/mol. The van der Waals surface area contributed by atoms with Gasteiger partial charge in [-0.15, -0.1) is 10.2 Å². The van der Waals surface area contributed by atoms with Crippen molar-refractivity contribution in [3.05, 3.63) is 29.3 Å². The predicted octanol–water partition coefficient (Wildman–Crippen LogP) is 3.62. The molecule has 2 rings (SSSR count). The van der Waals surface area contributed by atoms with Gasteiger partial charge in [-0.3, -0.25) is 0 Å². The Morgan fingerprint density at radius 1 is 1.47 bits per heavy atom. The molecule has 1 aromatic heterocycles. The summed E-state index contributed by atoms with van der Waals surface area (Å²) in [5, 5.41) is 18.5. The molecule has 6 heteroatoms. The van der Waals surface area contributed by atoms with Crippen molar-refractivity contribution in [3.63, 3.8) is 0 Å². The van der Waals surface area contributed by atoms with Crippen LogP contribution in [0.1, 0.15) is 13.8 Å². The summed E-state index contributed by atoms with van der Waals surface area (Å²) in [5.41, 5.74) is 0.929. The maximum Gasteiger partial charge on any atom is 0.192 e. The van der Waals surface area contributed by atoms with Crippen LogP contribution in [0.15, 0.2) is 29.4 Å². The number of hydrogen-bond acceptors (Lipinski definition) is 4. The van der Waals surface area contributed by atoms with Gasteiger partial charge in [-0.2, -0.15) is 5.26 Å². The summed E-state index contributed by atoms with van der Waals surface area (Å²) >= 11 is 7.41. The summed E-state index contributed by atoms with van der Waals surface area (Å²) in [6.45, 7) is 4.62. The van der Waals surface area contributed by atoms with Crippen molar-refractivity contribution in [1.82, 2.24) is 14.8 Å². The normalized spacial score (nSPS) is 12.1. The van der Waals surface area contributed by atoms with Crippen molar-refractivity contribution in [2.75, 3.05) is 0 Å². The lowest BCUT2D eigenvalue weighted by Crippen LogP contribution is -2.02. The fourth-order valence-electron chi connectivity index (χ4n) is 1.69. The first kappa shape index (κ1) is 13.9. The van der Waals surface area contributed by atoms with Gasteiger partial charge in [0.25, 0.3) is 0 Å². The molecule has 1 unspecified atom stereocenters. The minimum absolute atomic E-state index is 0.151. The number of hydrogen-bond donors (Lipinski definition) is 0. The number of nitrogens with zero attached hydrogens (tertiary/aromatic N) is 4. The van der Waals surface area contributed by atoms with Gasteiger partial charge in [-0.05, 0) is 26.0 Å². The van der Waals surface area contributed by atoms with Gasteiger partial charge in [0.05, 0.1) is 11.3 Å². The molecule has 1 heterocycles. The van der Waals surface area contributed by atoms with E-state index in [0.717, 1.165) is 23.1 Å². The number of rotatable bonds is 4. The third-order valence-corrected chi connectivity index (χ3v) is 3.79. The molecule has 0 fully saturated rings. The number of aromatic nitrogens is 3. The van der Waals surface area contributed by atoms with E-state index in [-0.39, 0.29) is 5.25 Å². The van der Waals surface area contributed by atoms with E-state index in [1.54, 1.807) is 0 Å². The van der Waals surface area contributed by atoms with E-state index in [9.17, 15) is 0 Å². The van der Waals surface area contributed by atoms with E-state index >= 15 is 0 Å². The second-order valence-electron chi connectivity index (χ2n) is 3.95. The van der Waals surface area contributed by atoms with Crippen LogP contribution >= 0.6 is 23.4 Å². The Bertz CT molecular complexity index is 617. The van der Waals surface area contributed by atoms with E-state index in [0.29, 0.717) is 5.02 Å². The summed E-state index contributed by atoms with van der Waals surface area (Å²) < 4.78 is 1.99. The lowest BCUT2D eigenvalue weighted by molar-refractivity contribution is 0.687. The van der Waals surface area contributed by atoms with E-state index in [1.807, 2.05) is 42.7 Å². The van der Waals surface area contributed by atoms with Crippen LogP contribution < -0.4 is 0 Å². The molecule has 0 aliphatic rings. The van der Waals surface area contributed by atoms with Gasteiger partial charge >= 0.3 is 0 Å². The summed E-state index contributed by atoms with van der Waals surface area (Å²) in [4.78, 5) is 0. The molecule has 0 N–H and O–H groups in total. The van der Waals surface area contributed by atoms with Crippen LogP contribution in [0, 0.1) is 11.3 Å². The van der Waals surface area contributed by atoms with E-state index in [2.05, 4.69) is 16.3 Å². The second-order valence-corrected chi connectivity index (χ2v) is 5.69. The van der Waals surface area contributed by atoms with Crippen LogP contribution in [0.4, 0.5) is 0 Å². The van der Waals surface area contributed by atoms with E-state index in [4.69, 9.17) is 16.9 Å². The number of benzene rings is 1. The molecule has 1 atom stereocenters.